The molecular formula is C21H15ClN4O3. The van der Waals surface area contributed by atoms with Crippen molar-refractivity contribution in [1.29, 1.82) is 0 Å². The fourth-order valence-corrected chi connectivity index (χ4v) is 2.98. The van der Waals surface area contributed by atoms with Crippen LogP contribution in [0.1, 0.15) is 15.9 Å². The Morgan fingerprint density at radius 3 is 2.59 bits per heavy atom. The second-order valence-corrected chi connectivity index (χ2v) is 6.64. The van der Waals surface area contributed by atoms with Crippen molar-refractivity contribution in [2.75, 3.05) is 11.9 Å². The highest BCUT2D eigenvalue weighted by molar-refractivity contribution is 6.31. The number of nitrogens with zero attached hydrogens (tertiary/aromatic N) is 2. The molecule has 144 valence electrons. The van der Waals surface area contributed by atoms with Crippen LogP contribution in [0.5, 0.6) is 5.75 Å². The SMILES string of the molecule is O=C(COc1ccc(Cl)cc1C(=O)c1ccccc1)Nc1ccc2n[nH]nc2c1. The molecule has 4 aromatic rings. The van der Waals surface area contributed by atoms with E-state index in [-0.39, 0.29) is 24.0 Å². The number of aromatic amines is 1. The third-order valence-corrected chi connectivity index (χ3v) is 4.42. The Kier molecular flexibility index (Phi) is 5.22. The first-order valence-corrected chi connectivity index (χ1v) is 9.10. The topological polar surface area (TPSA) is 97.0 Å². The average molecular weight is 407 g/mol. The first kappa shape index (κ1) is 18.6. The van der Waals surface area contributed by atoms with Gasteiger partial charge in [0.15, 0.2) is 12.4 Å². The quantitative estimate of drug-likeness (QED) is 0.474. The van der Waals surface area contributed by atoms with Gasteiger partial charge in [0.25, 0.3) is 5.91 Å². The Morgan fingerprint density at radius 1 is 0.966 bits per heavy atom. The first-order valence-electron chi connectivity index (χ1n) is 8.72. The summed E-state index contributed by atoms with van der Waals surface area (Å²) in [6, 6.07) is 18.7. The molecule has 0 aliphatic heterocycles. The number of rotatable bonds is 6. The summed E-state index contributed by atoms with van der Waals surface area (Å²) in [5.74, 6) is -0.328. The van der Waals surface area contributed by atoms with Gasteiger partial charge in [0, 0.05) is 16.3 Å². The Labute approximate surface area is 170 Å². The number of ketones is 1. The van der Waals surface area contributed by atoms with Gasteiger partial charge in [-0.3, -0.25) is 9.59 Å². The molecule has 0 spiro atoms. The summed E-state index contributed by atoms with van der Waals surface area (Å²) in [6.45, 7) is -0.270. The highest BCUT2D eigenvalue weighted by atomic mass is 35.5. The van der Waals surface area contributed by atoms with Gasteiger partial charge in [-0.05, 0) is 36.4 Å². The predicted octanol–water partition coefficient (Wildman–Crippen LogP) is 3.86. The van der Waals surface area contributed by atoms with E-state index in [0.29, 0.717) is 32.9 Å². The van der Waals surface area contributed by atoms with E-state index in [1.54, 1.807) is 54.6 Å². The lowest BCUT2D eigenvalue weighted by Gasteiger charge is -2.12. The zero-order valence-corrected chi connectivity index (χ0v) is 15.8. The van der Waals surface area contributed by atoms with Crippen molar-refractivity contribution in [3.05, 3.63) is 82.9 Å². The van der Waals surface area contributed by atoms with Gasteiger partial charge in [-0.1, -0.05) is 41.9 Å². The number of halogens is 1. The predicted molar refractivity (Wildman–Crippen MR) is 109 cm³/mol. The number of amides is 1. The van der Waals surface area contributed by atoms with E-state index < -0.39 is 0 Å². The Balaban J connectivity index is 1.47. The smallest absolute Gasteiger partial charge is 0.262 e. The molecule has 1 heterocycles. The molecule has 0 saturated carbocycles. The number of nitrogens with one attached hydrogen (secondary N) is 2. The van der Waals surface area contributed by atoms with Crippen LogP contribution in [0.4, 0.5) is 5.69 Å². The van der Waals surface area contributed by atoms with E-state index in [9.17, 15) is 9.59 Å². The van der Waals surface area contributed by atoms with E-state index in [2.05, 4.69) is 20.7 Å². The van der Waals surface area contributed by atoms with E-state index in [0.717, 1.165) is 0 Å². The molecule has 0 fully saturated rings. The van der Waals surface area contributed by atoms with Gasteiger partial charge in [0.1, 0.15) is 16.8 Å². The second-order valence-electron chi connectivity index (χ2n) is 6.20. The van der Waals surface area contributed by atoms with Crippen molar-refractivity contribution in [1.82, 2.24) is 15.4 Å². The van der Waals surface area contributed by atoms with Gasteiger partial charge in [-0.15, -0.1) is 0 Å². The van der Waals surface area contributed by atoms with Crippen LogP contribution in [0, 0.1) is 0 Å². The molecule has 8 heteroatoms. The van der Waals surface area contributed by atoms with Crippen LogP contribution in [-0.4, -0.2) is 33.7 Å². The van der Waals surface area contributed by atoms with E-state index >= 15 is 0 Å². The normalized spacial score (nSPS) is 10.7. The van der Waals surface area contributed by atoms with Gasteiger partial charge in [-0.2, -0.15) is 15.4 Å². The number of carbonyl (C=O) groups is 2. The average Bonchev–Trinajstić information content (AvgIpc) is 3.21. The summed E-state index contributed by atoms with van der Waals surface area (Å²) in [4.78, 5) is 25.1. The van der Waals surface area contributed by atoms with Gasteiger partial charge in [0.2, 0.25) is 0 Å². The van der Waals surface area contributed by atoms with Crippen LogP contribution < -0.4 is 10.1 Å². The fourth-order valence-electron chi connectivity index (χ4n) is 2.81. The third-order valence-electron chi connectivity index (χ3n) is 4.18. The molecule has 1 aromatic heterocycles. The largest absolute Gasteiger partial charge is 0.483 e. The van der Waals surface area contributed by atoms with Gasteiger partial charge >= 0.3 is 0 Å². The van der Waals surface area contributed by atoms with Crippen molar-refractivity contribution in [3.8, 4) is 5.75 Å². The van der Waals surface area contributed by atoms with E-state index in [1.807, 2.05) is 6.07 Å². The first-order chi connectivity index (χ1) is 14.1. The molecule has 0 saturated heterocycles. The molecule has 0 aliphatic rings. The second kappa shape index (κ2) is 8.12. The van der Waals surface area contributed by atoms with Crippen LogP contribution in [0.15, 0.2) is 66.7 Å². The number of hydrogen-bond acceptors (Lipinski definition) is 5. The fraction of sp³-hybridized carbons (Fsp3) is 0.0476. The minimum absolute atomic E-state index is 0.236. The Hall–Kier alpha value is -3.71. The zero-order valence-electron chi connectivity index (χ0n) is 15.1. The lowest BCUT2D eigenvalue weighted by molar-refractivity contribution is -0.118. The van der Waals surface area contributed by atoms with Crippen molar-refractivity contribution in [3.63, 3.8) is 0 Å². The monoisotopic (exact) mass is 406 g/mol. The molecule has 3 aromatic carbocycles. The van der Waals surface area contributed by atoms with Crippen molar-refractivity contribution in [2.24, 2.45) is 0 Å². The maximum atomic E-state index is 12.8. The van der Waals surface area contributed by atoms with Gasteiger partial charge in [0.05, 0.1) is 5.56 Å². The lowest BCUT2D eigenvalue weighted by atomic mass is 10.0. The highest BCUT2D eigenvalue weighted by Crippen LogP contribution is 2.26. The molecular weight excluding hydrogens is 392 g/mol. The molecule has 0 unspecified atom stereocenters. The summed E-state index contributed by atoms with van der Waals surface area (Å²) < 4.78 is 5.62. The van der Waals surface area contributed by atoms with E-state index in [1.165, 1.54) is 6.07 Å². The maximum absolute atomic E-state index is 12.8. The number of fused-ring (bicyclic) bond motifs is 1. The minimum atomic E-state index is -0.374. The Morgan fingerprint density at radius 2 is 1.76 bits per heavy atom. The molecule has 4 rings (SSSR count). The number of H-pyrrole nitrogens is 1. The summed E-state index contributed by atoms with van der Waals surface area (Å²) in [7, 11) is 0. The standard InChI is InChI=1S/C21H15ClN4O3/c22-14-6-9-19(16(10-14)21(28)13-4-2-1-3-5-13)29-12-20(27)23-15-7-8-17-18(11-15)25-26-24-17/h1-11H,12H2,(H,23,27)(H,24,25,26). The molecule has 2 N–H and O–H groups in total. The van der Waals surface area contributed by atoms with Crippen molar-refractivity contribution >= 4 is 40.0 Å². The number of carbonyl (C=O) groups excluding carboxylic acids is 2. The van der Waals surface area contributed by atoms with Crippen LogP contribution >= 0.6 is 11.6 Å². The number of benzene rings is 3. The molecule has 7 nitrogen and oxygen atoms in total. The molecule has 29 heavy (non-hydrogen) atoms. The minimum Gasteiger partial charge on any atom is -0.483 e. The molecule has 0 aliphatic carbocycles. The lowest BCUT2D eigenvalue weighted by Crippen LogP contribution is -2.21. The summed E-state index contributed by atoms with van der Waals surface area (Å²) in [5, 5.41) is 13.6. The summed E-state index contributed by atoms with van der Waals surface area (Å²) in [5.41, 5.74) is 2.70. The highest BCUT2D eigenvalue weighted by Gasteiger charge is 2.16. The van der Waals surface area contributed by atoms with E-state index in [4.69, 9.17) is 16.3 Å². The van der Waals surface area contributed by atoms with Crippen molar-refractivity contribution < 1.29 is 14.3 Å². The van der Waals surface area contributed by atoms with Crippen molar-refractivity contribution in [2.45, 2.75) is 0 Å². The summed E-state index contributed by atoms with van der Waals surface area (Å²) in [6.07, 6.45) is 0. The maximum Gasteiger partial charge on any atom is 0.262 e. The number of hydrogen-bond donors (Lipinski definition) is 2. The number of ether oxygens (including phenoxy) is 1. The van der Waals surface area contributed by atoms with Crippen LogP contribution in [0.25, 0.3) is 11.0 Å². The molecule has 1 amide bonds. The van der Waals surface area contributed by atoms with Crippen LogP contribution in [0.3, 0.4) is 0 Å². The third kappa shape index (κ3) is 4.25. The molecule has 0 radical (unpaired) electrons. The Bertz CT molecular complexity index is 1190. The molecule has 0 atom stereocenters. The number of anilines is 1. The zero-order chi connectivity index (χ0) is 20.2. The van der Waals surface area contributed by atoms with Crippen LogP contribution in [0.2, 0.25) is 5.02 Å². The number of aromatic nitrogens is 3. The van der Waals surface area contributed by atoms with Gasteiger partial charge in [-0.25, -0.2) is 0 Å². The summed E-state index contributed by atoms with van der Waals surface area (Å²) >= 11 is 6.06. The van der Waals surface area contributed by atoms with Crippen LogP contribution in [-0.2, 0) is 4.79 Å². The molecule has 0 bridgehead atoms. The van der Waals surface area contributed by atoms with Gasteiger partial charge < -0.3 is 10.1 Å².